The number of carbonyl (C=O) groups is 1. The van der Waals surface area contributed by atoms with Crippen molar-refractivity contribution in [3.05, 3.63) is 56.2 Å². The molecular weight excluding hydrogens is 379 g/mol. The number of ether oxygens (including phenoxy) is 1. The van der Waals surface area contributed by atoms with Gasteiger partial charge in [0, 0.05) is 22.0 Å². The highest BCUT2D eigenvalue weighted by Gasteiger charge is 2.37. The molecule has 21 heavy (non-hydrogen) atoms. The Hall–Kier alpha value is -1.81. The molecule has 1 aromatic rings. The summed E-state index contributed by atoms with van der Waals surface area (Å²) in [5.74, 6) is 0.406. The van der Waals surface area contributed by atoms with Crippen LogP contribution in [0.4, 0.5) is 0 Å². The van der Waals surface area contributed by atoms with E-state index in [2.05, 4.69) is 28.7 Å². The first-order valence-corrected chi connectivity index (χ1v) is 7.79. The molecule has 106 valence electrons. The predicted octanol–water partition coefficient (Wildman–Crippen LogP) is 3.11. The zero-order valence-corrected chi connectivity index (χ0v) is 13.4. The summed E-state index contributed by atoms with van der Waals surface area (Å²) in [6.07, 6.45) is 1.97. The fraction of sp³-hybridized carbons (Fsp3) is 0.250. The molecule has 0 radical (unpaired) electrons. The van der Waals surface area contributed by atoms with E-state index in [9.17, 15) is 10.1 Å². The van der Waals surface area contributed by atoms with Gasteiger partial charge in [0.2, 0.25) is 5.88 Å². The van der Waals surface area contributed by atoms with Crippen LogP contribution in [0, 0.1) is 14.9 Å². The summed E-state index contributed by atoms with van der Waals surface area (Å²) < 4.78 is 6.59. The lowest BCUT2D eigenvalue weighted by Gasteiger charge is -2.31. The standard InChI is InChI=1S/C16H13IN2O2/c17-10-4-1-3-9(7-10)14-11(8-18)16(19)21-13-6-2-5-12(20)15(13)14/h1,3-4,7,14H,2,5-6,19H2. The summed E-state index contributed by atoms with van der Waals surface area (Å²) in [5, 5.41) is 9.44. The zero-order chi connectivity index (χ0) is 15.0. The van der Waals surface area contributed by atoms with E-state index in [1.807, 2.05) is 24.3 Å². The zero-order valence-electron chi connectivity index (χ0n) is 11.2. The van der Waals surface area contributed by atoms with E-state index in [0.717, 1.165) is 15.6 Å². The Labute approximate surface area is 136 Å². The predicted molar refractivity (Wildman–Crippen MR) is 85.7 cm³/mol. The molecule has 0 amide bonds. The molecule has 0 spiro atoms. The largest absolute Gasteiger partial charge is 0.444 e. The molecular formula is C16H13IN2O2. The van der Waals surface area contributed by atoms with Crippen molar-refractivity contribution in [2.45, 2.75) is 25.2 Å². The molecule has 1 heterocycles. The Balaban J connectivity index is 2.20. The monoisotopic (exact) mass is 392 g/mol. The Morgan fingerprint density at radius 2 is 2.19 bits per heavy atom. The van der Waals surface area contributed by atoms with Crippen molar-refractivity contribution in [1.29, 1.82) is 5.26 Å². The van der Waals surface area contributed by atoms with Crippen LogP contribution in [-0.4, -0.2) is 5.78 Å². The number of nitriles is 1. The third-order valence-electron chi connectivity index (χ3n) is 3.79. The van der Waals surface area contributed by atoms with Crippen LogP contribution in [0.2, 0.25) is 0 Å². The summed E-state index contributed by atoms with van der Waals surface area (Å²) in [6, 6.07) is 9.92. The smallest absolute Gasteiger partial charge is 0.205 e. The Morgan fingerprint density at radius 1 is 1.38 bits per heavy atom. The van der Waals surface area contributed by atoms with Crippen molar-refractivity contribution in [1.82, 2.24) is 0 Å². The molecule has 1 unspecified atom stereocenters. The van der Waals surface area contributed by atoms with Crippen LogP contribution in [0.1, 0.15) is 30.7 Å². The number of nitrogens with two attached hydrogens (primary N) is 1. The van der Waals surface area contributed by atoms with Crippen LogP contribution < -0.4 is 5.73 Å². The minimum Gasteiger partial charge on any atom is -0.444 e. The van der Waals surface area contributed by atoms with Gasteiger partial charge < -0.3 is 10.5 Å². The number of nitrogens with zero attached hydrogens (tertiary/aromatic N) is 1. The first-order chi connectivity index (χ1) is 10.1. The van der Waals surface area contributed by atoms with E-state index in [4.69, 9.17) is 10.5 Å². The number of hydrogen-bond acceptors (Lipinski definition) is 4. The second-order valence-electron chi connectivity index (χ2n) is 5.09. The number of halogens is 1. The number of ketones is 1. The normalized spacial score (nSPS) is 21.7. The maximum Gasteiger partial charge on any atom is 0.205 e. The first kappa shape index (κ1) is 14.1. The van der Waals surface area contributed by atoms with Crippen molar-refractivity contribution < 1.29 is 9.53 Å². The summed E-state index contributed by atoms with van der Waals surface area (Å²) in [6.45, 7) is 0. The number of carbonyl (C=O) groups excluding carboxylic acids is 1. The van der Waals surface area contributed by atoms with Gasteiger partial charge in [-0.3, -0.25) is 4.79 Å². The van der Waals surface area contributed by atoms with E-state index in [0.29, 0.717) is 29.7 Å². The summed E-state index contributed by atoms with van der Waals surface area (Å²) in [5.41, 5.74) is 7.74. The van der Waals surface area contributed by atoms with Crippen LogP contribution >= 0.6 is 22.6 Å². The van der Waals surface area contributed by atoms with Crippen LogP contribution in [-0.2, 0) is 9.53 Å². The molecule has 2 N–H and O–H groups in total. The lowest BCUT2D eigenvalue weighted by molar-refractivity contribution is -0.116. The van der Waals surface area contributed by atoms with Crippen molar-refractivity contribution in [3.63, 3.8) is 0 Å². The van der Waals surface area contributed by atoms with E-state index >= 15 is 0 Å². The lowest BCUT2D eigenvalue weighted by atomic mass is 9.78. The number of benzene rings is 1. The maximum atomic E-state index is 12.4. The molecule has 0 fully saturated rings. The highest BCUT2D eigenvalue weighted by atomic mass is 127. The molecule has 1 aromatic carbocycles. The topological polar surface area (TPSA) is 76.1 Å². The third-order valence-corrected chi connectivity index (χ3v) is 4.46. The van der Waals surface area contributed by atoms with Crippen molar-refractivity contribution in [2.75, 3.05) is 0 Å². The van der Waals surface area contributed by atoms with Crippen molar-refractivity contribution in [3.8, 4) is 6.07 Å². The Morgan fingerprint density at radius 3 is 2.90 bits per heavy atom. The second kappa shape index (κ2) is 5.53. The highest BCUT2D eigenvalue weighted by Crippen LogP contribution is 2.43. The summed E-state index contributed by atoms with van der Waals surface area (Å²) in [7, 11) is 0. The highest BCUT2D eigenvalue weighted by molar-refractivity contribution is 14.1. The van der Waals surface area contributed by atoms with Gasteiger partial charge in [-0.05, 0) is 46.7 Å². The fourth-order valence-corrected chi connectivity index (χ4v) is 3.44. The third kappa shape index (κ3) is 2.44. The number of allylic oxidation sites excluding steroid dienone is 3. The molecule has 0 saturated carbocycles. The van der Waals surface area contributed by atoms with E-state index < -0.39 is 5.92 Å². The molecule has 0 saturated heterocycles. The number of Topliss-reactive ketones (excluding diaryl/α,β-unsaturated/α-hetero) is 1. The molecule has 4 nitrogen and oxygen atoms in total. The molecule has 2 aliphatic rings. The lowest BCUT2D eigenvalue weighted by Crippen LogP contribution is -2.27. The first-order valence-electron chi connectivity index (χ1n) is 6.71. The van der Waals surface area contributed by atoms with Gasteiger partial charge in [-0.15, -0.1) is 0 Å². The fourth-order valence-electron chi connectivity index (χ4n) is 2.88. The van der Waals surface area contributed by atoms with E-state index in [-0.39, 0.29) is 11.7 Å². The van der Waals surface area contributed by atoms with Gasteiger partial charge in [-0.25, -0.2) is 0 Å². The maximum absolute atomic E-state index is 12.4. The van der Waals surface area contributed by atoms with Gasteiger partial charge >= 0.3 is 0 Å². The second-order valence-corrected chi connectivity index (χ2v) is 6.34. The van der Waals surface area contributed by atoms with Crippen LogP contribution in [0.15, 0.2) is 47.1 Å². The minimum absolute atomic E-state index is 0.0559. The summed E-state index contributed by atoms with van der Waals surface area (Å²) >= 11 is 2.22. The molecule has 1 aliphatic heterocycles. The quantitative estimate of drug-likeness (QED) is 0.746. The molecule has 1 atom stereocenters. The Kier molecular flexibility index (Phi) is 3.72. The Bertz CT molecular complexity index is 728. The van der Waals surface area contributed by atoms with Crippen molar-refractivity contribution in [2.24, 2.45) is 5.73 Å². The van der Waals surface area contributed by atoms with Gasteiger partial charge in [0.25, 0.3) is 0 Å². The molecule has 5 heteroatoms. The minimum atomic E-state index is -0.402. The van der Waals surface area contributed by atoms with Gasteiger partial charge in [0.15, 0.2) is 5.78 Å². The van der Waals surface area contributed by atoms with Crippen LogP contribution in [0.25, 0.3) is 0 Å². The van der Waals surface area contributed by atoms with Crippen LogP contribution in [0.3, 0.4) is 0 Å². The van der Waals surface area contributed by atoms with E-state index in [1.165, 1.54) is 0 Å². The molecule has 0 aromatic heterocycles. The average molecular weight is 392 g/mol. The van der Waals surface area contributed by atoms with E-state index in [1.54, 1.807) is 0 Å². The van der Waals surface area contributed by atoms with Gasteiger partial charge in [0.1, 0.15) is 17.4 Å². The molecule has 0 bridgehead atoms. The molecule has 3 rings (SSSR count). The molecule has 1 aliphatic carbocycles. The average Bonchev–Trinajstić information content (AvgIpc) is 2.46. The number of hydrogen-bond donors (Lipinski definition) is 1. The SMILES string of the molecule is N#CC1=C(N)OC2=C(C(=O)CCC2)C1c1cccc(I)c1. The van der Waals surface area contributed by atoms with Crippen LogP contribution in [0.5, 0.6) is 0 Å². The van der Waals surface area contributed by atoms with Gasteiger partial charge in [0.05, 0.1) is 5.92 Å². The summed E-state index contributed by atoms with van der Waals surface area (Å²) in [4.78, 5) is 12.4. The number of rotatable bonds is 1. The van der Waals surface area contributed by atoms with Gasteiger partial charge in [-0.1, -0.05) is 12.1 Å². The van der Waals surface area contributed by atoms with Gasteiger partial charge in [-0.2, -0.15) is 5.26 Å². The van der Waals surface area contributed by atoms with Crippen molar-refractivity contribution >= 4 is 28.4 Å².